The van der Waals surface area contributed by atoms with Gasteiger partial charge in [0, 0.05) is 11.7 Å². The topological polar surface area (TPSA) is 37.4 Å². The van der Waals surface area contributed by atoms with Crippen LogP contribution in [-0.2, 0) is 0 Å². The van der Waals surface area contributed by atoms with Crippen molar-refractivity contribution in [2.75, 3.05) is 26.2 Å². The minimum atomic E-state index is 0.0685. The molecule has 0 aliphatic carbocycles. The number of hydrogen-bond donors (Lipinski definition) is 1. The van der Waals surface area contributed by atoms with Crippen LogP contribution in [0.1, 0.15) is 52.1 Å². The summed E-state index contributed by atoms with van der Waals surface area (Å²) >= 11 is 0. The molecule has 0 saturated carbocycles. The van der Waals surface area contributed by atoms with Crippen LogP contribution in [0, 0.1) is 0 Å². The van der Waals surface area contributed by atoms with Crippen molar-refractivity contribution in [3.8, 4) is 5.75 Å². The summed E-state index contributed by atoms with van der Waals surface area (Å²) in [6.07, 6.45) is 6.37. The molecule has 2 rings (SSSR count). The molecule has 1 aliphatic rings. The van der Waals surface area contributed by atoms with E-state index >= 15 is 0 Å². The summed E-state index contributed by atoms with van der Waals surface area (Å²) in [6, 6.07) is 2.38. The summed E-state index contributed by atoms with van der Waals surface area (Å²) in [5.74, 6) is 0.857. The van der Waals surface area contributed by atoms with E-state index in [1.54, 1.807) is 6.20 Å². The van der Waals surface area contributed by atoms with Crippen LogP contribution < -0.4 is 10.1 Å². The van der Waals surface area contributed by atoms with E-state index in [2.05, 4.69) is 42.0 Å². The fourth-order valence-corrected chi connectivity index (χ4v) is 3.29. The standard InChI is InChI=1S/C17H29N3O/c1-5-19-16(17(3,4)20-9-7-8-10-20)14-11-15(21-6-2)13-18-12-14/h11-13,16,19H,5-10H2,1-4H3. The first-order valence-corrected chi connectivity index (χ1v) is 8.15. The van der Waals surface area contributed by atoms with Gasteiger partial charge < -0.3 is 10.1 Å². The summed E-state index contributed by atoms with van der Waals surface area (Å²) in [4.78, 5) is 6.95. The molecule has 2 heterocycles. The van der Waals surface area contributed by atoms with E-state index in [1.807, 2.05) is 13.1 Å². The number of ether oxygens (including phenoxy) is 1. The zero-order chi connectivity index (χ0) is 15.3. The third-order valence-electron chi connectivity index (χ3n) is 4.41. The highest BCUT2D eigenvalue weighted by atomic mass is 16.5. The molecule has 0 amide bonds. The van der Waals surface area contributed by atoms with Crippen molar-refractivity contribution in [2.45, 2.75) is 52.1 Å². The van der Waals surface area contributed by atoms with E-state index in [0.717, 1.165) is 12.3 Å². The van der Waals surface area contributed by atoms with Crippen LogP contribution in [0.3, 0.4) is 0 Å². The van der Waals surface area contributed by atoms with Gasteiger partial charge >= 0.3 is 0 Å². The number of aromatic nitrogens is 1. The van der Waals surface area contributed by atoms with Crippen LogP contribution in [-0.4, -0.2) is 41.7 Å². The third kappa shape index (κ3) is 3.74. The van der Waals surface area contributed by atoms with Gasteiger partial charge in [0.15, 0.2) is 0 Å². The van der Waals surface area contributed by atoms with E-state index in [0.29, 0.717) is 6.61 Å². The lowest BCUT2D eigenvalue weighted by atomic mass is 9.87. The summed E-state index contributed by atoms with van der Waals surface area (Å²) in [5, 5.41) is 3.65. The molecule has 1 saturated heterocycles. The molecule has 1 aliphatic heterocycles. The Morgan fingerprint density at radius 2 is 2.00 bits per heavy atom. The van der Waals surface area contributed by atoms with Crippen molar-refractivity contribution in [1.82, 2.24) is 15.2 Å². The quantitative estimate of drug-likeness (QED) is 0.838. The Balaban J connectivity index is 2.26. The zero-order valence-corrected chi connectivity index (χ0v) is 13.9. The van der Waals surface area contributed by atoms with Gasteiger partial charge in [0.25, 0.3) is 0 Å². The minimum Gasteiger partial charge on any atom is -0.492 e. The second-order valence-corrected chi connectivity index (χ2v) is 6.23. The summed E-state index contributed by atoms with van der Waals surface area (Å²) < 4.78 is 5.61. The molecule has 0 aromatic carbocycles. The summed E-state index contributed by atoms with van der Waals surface area (Å²) in [7, 11) is 0. The first-order valence-electron chi connectivity index (χ1n) is 8.15. The maximum Gasteiger partial charge on any atom is 0.137 e. The van der Waals surface area contributed by atoms with Crippen LogP contribution in [0.15, 0.2) is 18.5 Å². The summed E-state index contributed by atoms with van der Waals surface area (Å²) in [5.41, 5.74) is 1.28. The lowest BCUT2D eigenvalue weighted by Crippen LogP contribution is -2.51. The average molecular weight is 291 g/mol. The van der Waals surface area contributed by atoms with Crippen LogP contribution in [0.4, 0.5) is 0 Å². The Bertz CT molecular complexity index is 441. The second kappa shape index (κ2) is 7.23. The molecule has 1 fully saturated rings. The molecule has 118 valence electrons. The molecule has 4 nitrogen and oxygen atoms in total. The van der Waals surface area contributed by atoms with Gasteiger partial charge in [0.2, 0.25) is 0 Å². The van der Waals surface area contributed by atoms with Gasteiger partial charge in [-0.3, -0.25) is 9.88 Å². The van der Waals surface area contributed by atoms with Gasteiger partial charge in [0.1, 0.15) is 5.75 Å². The van der Waals surface area contributed by atoms with Crippen molar-refractivity contribution < 1.29 is 4.74 Å². The molecular weight excluding hydrogens is 262 g/mol. The fourth-order valence-electron chi connectivity index (χ4n) is 3.29. The maximum atomic E-state index is 5.61. The van der Waals surface area contributed by atoms with Crippen LogP contribution in [0.2, 0.25) is 0 Å². The Kier molecular flexibility index (Phi) is 5.59. The Labute approximate surface area is 128 Å². The number of pyridine rings is 1. The largest absolute Gasteiger partial charge is 0.492 e. The number of likely N-dealkylation sites (N-methyl/N-ethyl adjacent to an activating group) is 1. The zero-order valence-electron chi connectivity index (χ0n) is 13.9. The molecule has 0 spiro atoms. The van der Waals surface area contributed by atoms with Gasteiger partial charge in [-0.05, 0) is 64.9 Å². The maximum absolute atomic E-state index is 5.61. The van der Waals surface area contributed by atoms with E-state index in [4.69, 9.17) is 4.74 Å². The first-order chi connectivity index (χ1) is 10.1. The van der Waals surface area contributed by atoms with Gasteiger partial charge in [-0.25, -0.2) is 0 Å². The van der Waals surface area contributed by atoms with Crippen LogP contribution in [0.5, 0.6) is 5.75 Å². The highest BCUT2D eigenvalue weighted by Crippen LogP contribution is 2.34. The summed E-state index contributed by atoms with van der Waals surface area (Å²) in [6.45, 7) is 12.8. The highest BCUT2D eigenvalue weighted by molar-refractivity contribution is 5.28. The Hall–Kier alpha value is -1.13. The minimum absolute atomic E-state index is 0.0685. The highest BCUT2D eigenvalue weighted by Gasteiger charge is 2.37. The van der Waals surface area contributed by atoms with E-state index in [9.17, 15) is 0 Å². The van der Waals surface area contributed by atoms with Gasteiger partial charge in [-0.1, -0.05) is 6.92 Å². The van der Waals surface area contributed by atoms with Crippen molar-refractivity contribution >= 4 is 0 Å². The van der Waals surface area contributed by atoms with Gasteiger partial charge in [-0.2, -0.15) is 0 Å². The predicted octanol–water partition coefficient (Wildman–Crippen LogP) is 3.01. The lowest BCUT2D eigenvalue weighted by molar-refractivity contribution is 0.107. The predicted molar refractivity (Wildman–Crippen MR) is 86.7 cm³/mol. The molecule has 0 bridgehead atoms. The van der Waals surface area contributed by atoms with Crippen molar-refractivity contribution in [2.24, 2.45) is 0 Å². The molecule has 1 unspecified atom stereocenters. The molecule has 1 N–H and O–H groups in total. The monoisotopic (exact) mass is 291 g/mol. The molecule has 0 radical (unpaired) electrons. The second-order valence-electron chi connectivity index (χ2n) is 6.23. The third-order valence-corrected chi connectivity index (χ3v) is 4.41. The van der Waals surface area contributed by atoms with E-state index in [1.165, 1.54) is 31.5 Å². The normalized spacial score (nSPS) is 17.9. The van der Waals surface area contributed by atoms with Crippen LogP contribution >= 0.6 is 0 Å². The molecule has 1 aromatic rings. The molecular formula is C17H29N3O. The Morgan fingerprint density at radius 1 is 1.29 bits per heavy atom. The van der Waals surface area contributed by atoms with E-state index in [-0.39, 0.29) is 11.6 Å². The number of likely N-dealkylation sites (tertiary alicyclic amines) is 1. The first kappa shape index (κ1) is 16.2. The van der Waals surface area contributed by atoms with Crippen molar-refractivity contribution in [1.29, 1.82) is 0 Å². The lowest BCUT2D eigenvalue weighted by Gasteiger charge is -2.42. The molecule has 21 heavy (non-hydrogen) atoms. The fraction of sp³-hybridized carbons (Fsp3) is 0.706. The number of hydrogen-bond acceptors (Lipinski definition) is 4. The average Bonchev–Trinajstić information content (AvgIpc) is 3.00. The molecule has 4 heteroatoms. The number of rotatable bonds is 7. The van der Waals surface area contributed by atoms with Crippen LogP contribution in [0.25, 0.3) is 0 Å². The van der Waals surface area contributed by atoms with Gasteiger partial charge in [-0.15, -0.1) is 0 Å². The Morgan fingerprint density at radius 3 is 2.62 bits per heavy atom. The van der Waals surface area contributed by atoms with Gasteiger partial charge in [0.05, 0.1) is 18.8 Å². The number of nitrogens with zero attached hydrogens (tertiary/aromatic N) is 2. The molecule has 1 atom stereocenters. The smallest absolute Gasteiger partial charge is 0.137 e. The SMILES string of the molecule is CCNC(c1cncc(OCC)c1)C(C)(C)N1CCCC1. The van der Waals surface area contributed by atoms with Crippen molar-refractivity contribution in [3.05, 3.63) is 24.0 Å². The molecule has 1 aromatic heterocycles. The van der Waals surface area contributed by atoms with E-state index < -0.39 is 0 Å². The van der Waals surface area contributed by atoms with Crippen molar-refractivity contribution in [3.63, 3.8) is 0 Å². The number of nitrogens with one attached hydrogen (secondary N) is 1.